The number of carbonyl (C=O) groups excluding carboxylic acids is 1. The fourth-order valence-electron chi connectivity index (χ4n) is 3.62. The van der Waals surface area contributed by atoms with E-state index in [0.29, 0.717) is 38.3 Å². The molecule has 29 heavy (non-hydrogen) atoms. The molecule has 1 aromatic carbocycles. The zero-order valence-corrected chi connectivity index (χ0v) is 16.8. The zero-order chi connectivity index (χ0) is 20.3. The lowest BCUT2D eigenvalue weighted by molar-refractivity contribution is -0.134. The van der Waals surface area contributed by atoms with Gasteiger partial charge in [0.2, 0.25) is 10.0 Å². The van der Waals surface area contributed by atoms with Crippen molar-refractivity contribution in [2.24, 2.45) is 0 Å². The van der Waals surface area contributed by atoms with Crippen LogP contribution in [-0.4, -0.2) is 66.5 Å². The molecule has 0 saturated carbocycles. The summed E-state index contributed by atoms with van der Waals surface area (Å²) in [6, 6.07) is 11.3. The van der Waals surface area contributed by atoms with E-state index < -0.39 is 15.3 Å². The first kappa shape index (κ1) is 19.6. The number of amides is 1. The summed E-state index contributed by atoms with van der Waals surface area (Å²) in [7, 11) is -3.46. The van der Waals surface area contributed by atoms with E-state index in [-0.39, 0.29) is 12.5 Å². The second-order valence-corrected chi connectivity index (χ2v) is 9.23. The van der Waals surface area contributed by atoms with Gasteiger partial charge in [0.05, 0.1) is 11.4 Å². The van der Waals surface area contributed by atoms with E-state index in [2.05, 4.69) is 4.98 Å². The fraction of sp³-hybridized carbons (Fsp3) is 0.333. The maximum Gasteiger partial charge on any atom is 0.260 e. The van der Waals surface area contributed by atoms with E-state index in [4.69, 9.17) is 4.74 Å². The third-order valence-corrected chi connectivity index (χ3v) is 7.44. The molecule has 2 heterocycles. The molecule has 8 heteroatoms. The van der Waals surface area contributed by atoms with Crippen LogP contribution in [0.4, 0.5) is 0 Å². The van der Waals surface area contributed by atoms with Crippen molar-refractivity contribution in [3.05, 3.63) is 59.2 Å². The van der Waals surface area contributed by atoms with E-state index in [9.17, 15) is 13.2 Å². The van der Waals surface area contributed by atoms with Crippen LogP contribution < -0.4 is 15.2 Å². The summed E-state index contributed by atoms with van der Waals surface area (Å²) in [4.78, 5) is 18.0. The largest absolute Gasteiger partial charge is 0.482 e. The van der Waals surface area contributed by atoms with Crippen LogP contribution in [0.1, 0.15) is 6.42 Å². The Labute approximate surface area is 170 Å². The number of hydrogen-bond acceptors (Lipinski definition) is 5. The molecule has 1 aliphatic carbocycles. The molecule has 1 fully saturated rings. The Kier molecular flexibility index (Phi) is 5.64. The molecule has 1 atom stereocenters. The van der Waals surface area contributed by atoms with Gasteiger partial charge in [-0.2, -0.15) is 4.31 Å². The van der Waals surface area contributed by atoms with Crippen molar-refractivity contribution >= 4 is 28.1 Å². The summed E-state index contributed by atoms with van der Waals surface area (Å²) in [5, 5.41) is 1.46. The predicted molar refractivity (Wildman–Crippen MR) is 110 cm³/mol. The van der Waals surface area contributed by atoms with Crippen molar-refractivity contribution in [2.45, 2.75) is 11.7 Å². The topological polar surface area (TPSA) is 79.8 Å². The van der Waals surface area contributed by atoms with Crippen LogP contribution >= 0.6 is 0 Å². The van der Waals surface area contributed by atoms with Gasteiger partial charge in [0.25, 0.3) is 5.91 Å². The van der Waals surface area contributed by atoms with Gasteiger partial charge in [-0.25, -0.2) is 8.42 Å². The van der Waals surface area contributed by atoms with Crippen molar-refractivity contribution in [2.75, 3.05) is 32.8 Å². The molecular formula is C21H23N3O4S. The number of rotatable bonds is 5. The van der Waals surface area contributed by atoms with Crippen molar-refractivity contribution in [1.29, 1.82) is 0 Å². The Morgan fingerprint density at radius 3 is 2.55 bits per heavy atom. The van der Waals surface area contributed by atoms with Crippen LogP contribution in [0.5, 0.6) is 5.75 Å². The van der Waals surface area contributed by atoms with Crippen molar-refractivity contribution in [3.8, 4) is 5.75 Å². The van der Waals surface area contributed by atoms with Crippen LogP contribution in [-0.2, 0) is 14.8 Å². The highest BCUT2D eigenvalue weighted by atomic mass is 32.2. The lowest BCUT2D eigenvalue weighted by Gasteiger charge is -2.35. The highest BCUT2D eigenvalue weighted by molar-refractivity contribution is 7.90. The summed E-state index contributed by atoms with van der Waals surface area (Å²) in [6.07, 6.45) is 7.47. The Balaban J connectivity index is 1.35. The highest BCUT2D eigenvalue weighted by Gasteiger charge is 2.34. The Morgan fingerprint density at radius 1 is 1.07 bits per heavy atom. The average molecular weight is 413 g/mol. The van der Waals surface area contributed by atoms with E-state index in [1.54, 1.807) is 29.4 Å². The summed E-state index contributed by atoms with van der Waals surface area (Å²) < 4.78 is 33.1. The first-order valence-corrected chi connectivity index (χ1v) is 11.1. The van der Waals surface area contributed by atoms with E-state index in [1.165, 1.54) is 4.31 Å². The van der Waals surface area contributed by atoms with E-state index >= 15 is 0 Å². The summed E-state index contributed by atoms with van der Waals surface area (Å²) >= 11 is 0. The van der Waals surface area contributed by atoms with E-state index in [1.807, 2.05) is 36.4 Å². The minimum absolute atomic E-state index is 0.0827. The quantitative estimate of drug-likeness (QED) is 0.688. The molecule has 0 bridgehead atoms. The molecule has 7 nitrogen and oxygen atoms in total. The molecule has 0 radical (unpaired) electrons. The first-order chi connectivity index (χ1) is 14.0. The van der Waals surface area contributed by atoms with Crippen molar-refractivity contribution in [1.82, 2.24) is 14.2 Å². The standard InChI is InChI=1S/C21H23N3O4S/c25-21(16-28-19-6-3-9-22-15-19)23-10-12-24(13-11-23)29(26,27)20-8-7-17-4-1-2-5-18(17)14-20/h1-7,9,14-15,20H,8,10-13,16H2. The summed E-state index contributed by atoms with van der Waals surface area (Å²) in [5.41, 5.74) is 0. The first-order valence-electron chi connectivity index (χ1n) is 9.61. The van der Waals surface area contributed by atoms with Crippen LogP contribution in [0, 0.1) is 0 Å². The van der Waals surface area contributed by atoms with Gasteiger partial charge in [-0.3, -0.25) is 9.78 Å². The molecular weight excluding hydrogens is 390 g/mol. The van der Waals surface area contributed by atoms with Gasteiger partial charge in [-0.15, -0.1) is 0 Å². The van der Waals surface area contributed by atoms with Gasteiger partial charge >= 0.3 is 0 Å². The minimum atomic E-state index is -3.46. The third-order valence-electron chi connectivity index (χ3n) is 5.26. The van der Waals surface area contributed by atoms with Gasteiger partial charge in [-0.1, -0.05) is 36.4 Å². The van der Waals surface area contributed by atoms with Crippen molar-refractivity contribution in [3.63, 3.8) is 0 Å². The average Bonchev–Trinajstić information content (AvgIpc) is 2.78. The van der Waals surface area contributed by atoms with Gasteiger partial charge in [0, 0.05) is 32.4 Å². The van der Waals surface area contributed by atoms with Crippen LogP contribution in [0.15, 0.2) is 48.8 Å². The maximum absolute atomic E-state index is 13.1. The number of piperazine rings is 1. The fourth-order valence-corrected chi connectivity index (χ4v) is 5.33. The highest BCUT2D eigenvalue weighted by Crippen LogP contribution is 2.18. The number of aromatic nitrogens is 1. The van der Waals surface area contributed by atoms with Crippen LogP contribution in [0.3, 0.4) is 0 Å². The Morgan fingerprint density at radius 2 is 1.83 bits per heavy atom. The minimum Gasteiger partial charge on any atom is -0.482 e. The Bertz CT molecular complexity index is 1090. The number of fused-ring (bicyclic) bond motifs is 1. The maximum atomic E-state index is 13.1. The van der Waals surface area contributed by atoms with Gasteiger partial charge in [0.15, 0.2) is 6.61 Å². The molecule has 152 valence electrons. The predicted octanol–water partition coefficient (Wildman–Crippen LogP) is -0.0321. The zero-order valence-electron chi connectivity index (χ0n) is 16.0. The van der Waals surface area contributed by atoms with Crippen molar-refractivity contribution < 1.29 is 17.9 Å². The monoisotopic (exact) mass is 413 g/mol. The molecule has 1 amide bonds. The lowest BCUT2D eigenvalue weighted by atomic mass is 10.1. The van der Waals surface area contributed by atoms with Gasteiger partial charge < -0.3 is 9.64 Å². The molecule has 2 aromatic rings. The smallest absolute Gasteiger partial charge is 0.260 e. The second-order valence-electron chi connectivity index (χ2n) is 7.08. The van der Waals surface area contributed by atoms with Crippen LogP contribution in [0.2, 0.25) is 0 Å². The van der Waals surface area contributed by atoms with Gasteiger partial charge in [0.1, 0.15) is 5.75 Å². The van der Waals surface area contributed by atoms with Gasteiger partial charge in [-0.05, 0) is 29.0 Å². The number of carbonyl (C=O) groups is 1. The molecule has 4 rings (SSSR count). The number of ether oxygens (including phenoxy) is 1. The molecule has 2 aliphatic rings. The normalized spacial score (nSPS) is 19.6. The molecule has 0 spiro atoms. The molecule has 1 aromatic heterocycles. The number of benzene rings is 1. The number of sulfonamides is 1. The molecule has 1 aliphatic heterocycles. The number of pyridine rings is 1. The number of nitrogens with zero attached hydrogens (tertiary/aromatic N) is 3. The second kappa shape index (κ2) is 8.34. The summed E-state index contributed by atoms with van der Waals surface area (Å²) in [5.74, 6) is 0.379. The molecule has 0 N–H and O–H groups in total. The summed E-state index contributed by atoms with van der Waals surface area (Å²) in [6.45, 7) is 1.24. The Hall–Kier alpha value is -2.71. The molecule has 1 unspecified atom stereocenters. The SMILES string of the molecule is O=C(COc1cccnc1)N1CCN(S(=O)(=O)C2C=c3ccccc3=CC2)CC1. The van der Waals surface area contributed by atoms with Crippen LogP contribution in [0.25, 0.3) is 12.2 Å². The third kappa shape index (κ3) is 4.33. The lowest BCUT2D eigenvalue weighted by Crippen LogP contribution is -2.53. The number of hydrogen-bond donors (Lipinski definition) is 0. The van der Waals surface area contributed by atoms with E-state index in [0.717, 1.165) is 10.4 Å². The molecule has 1 saturated heterocycles.